The second-order valence-electron chi connectivity index (χ2n) is 6.83. The van der Waals surface area contributed by atoms with E-state index < -0.39 is 5.60 Å². The molecule has 1 saturated heterocycles. The first-order chi connectivity index (χ1) is 11.7. The highest BCUT2D eigenvalue weighted by atomic mass is 35.5. The average Bonchev–Trinajstić information content (AvgIpc) is 2.54. The van der Waals surface area contributed by atoms with E-state index in [-0.39, 0.29) is 18.5 Å². The summed E-state index contributed by atoms with van der Waals surface area (Å²) in [5.74, 6) is -0.0557. The molecule has 2 amide bonds. The van der Waals surface area contributed by atoms with Crippen LogP contribution in [0.1, 0.15) is 20.8 Å². The van der Waals surface area contributed by atoms with Crippen LogP contribution in [0.3, 0.4) is 0 Å². The largest absolute Gasteiger partial charge is 0.444 e. The van der Waals surface area contributed by atoms with E-state index in [4.69, 9.17) is 27.9 Å². The molecule has 25 heavy (non-hydrogen) atoms. The maximum absolute atomic E-state index is 12.3. The Balaban J connectivity index is 1.81. The van der Waals surface area contributed by atoms with E-state index in [0.29, 0.717) is 41.9 Å². The van der Waals surface area contributed by atoms with Gasteiger partial charge in [-0.05, 0) is 39.0 Å². The normalized spacial score (nSPS) is 15.1. The number of halogens is 2. The summed E-state index contributed by atoms with van der Waals surface area (Å²) in [5, 5.41) is 4.06. The lowest BCUT2D eigenvalue weighted by Gasteiger charge is -2.35. The summed E-state index contributed by atoms with van der Waals surface area (Å²) in [6.07, 6.45) is -0.344. The number of amides is 2. The van der Waals surface area contributed by atoms with E-state index in [1.54, 1.807) is 28.0 Å². The van der Waals surface area contributed by atoms with Gasteiger partial charge in [0.25, 0.3) is 0 Å². The molecule has 138 valence electrons. The lowest BCUT2D eigenvalue weighted by Crippen LogP contribution is -2.52. The first-order valence-electron chi connectivity index (χ1n) is 8.10. The van der Waals surface area contributed by atoms with Gasteiger partial charge in [-0.15, -0.1) is 0 Å². The Morgan fingerprint density at radius 3 is 2.32 bits per heavy atom. The molecule has 0 atom stereocenters. The average molecular weight is 388 g/mol. The van der Waals surface area contributed by atoms with Crippen molar-refractivity contribution in [3.63, 3.8) is 0 Å². The van der Waals surface area contributed by atoms with Crippen molar-refractivity contribution in [2.75, 3.05) is 38.0 Å². The van der Waals surface area contributed by atoms with Gasteiger partial charge in [-0.1, -0.05) is 23.2 Å². The number of hydrogen-bond donors (Lipinski definition) is 1. The Morgan fingerprint density at radius 1 is 1.12 bits per heavy atom. The maximum Gasteiger partial charge on any atom is 0.410 e. The molecular formula is C17H23Cl2N3O3. The van der Waals surface area contributed by atoms with Crippen LogP contribution < -0.4 is 5.32 Å². The monoisotopic (exact) mass is 387 g/mol. The number of piperazine rings is 1. The fraction of sp³-hybridized carbons (Fsp3) is 0.529. The molecule has 1 aromatic rings. The van der Waals surface area contributed by atoms with Crippen LogP contribution >= 0.6 is 23.2 Å². The van der Waals surface area contributed by atoms with Crippen LogP contribution in [0.25, 0.3) is 0 Å². The molecule has 1 aliphatic rings. The third-order valence-corrected chi connectivity index (χ3v) is 4.21. The van der Waals surface area contributed by atoms with E-state index in [1.807, 2.05) is 20.8 Å². The van der Waals surface area contributed by atoms with Gasteiger partial charge in [0.05, 0.1) is 17.3 Å². The van der Waals surface area contributed by atoms with Crippen LogP contribution in [-0.4, -0.2) is 60.1 Å². The molecule has 0 radical (unpaired) electrons. The summed E-state index contributed by atoms with van der Waals surface area (Å²) in [6, 6.07) is 5.04. The van der Waals surface area contributed by atoms with Crippen LogP contribution in [0.5, 0.6) is 0 Å². The Labute approximate surface area is 158 Å². The van der Waals surface area contributed by atoms with E-state index >= 15 is 0 Å². The molecule has 2 rings (SSSR count). The second-order valence-corrected chi connectivity index (χ2v) is 7.67. The van der Waals surface area contributed by atoms with Crippen molar-refractivity contribution in [3.8, 4) is 0 Å². The van der Waals surface area contributed by atoms with E-state index in [0.717, 1.165) is 0 Å². The minimum Gasteiger partial charge on any atom is -0.444 e. The van der Waals surface area contributed by atoms with Gasteiger partial charge >= 0.3 is 6.09 Å². The predicted molar refractivity (Wildman–Crippen MR) is 99.3 cm³/mol. The first-order valence-corrected chi connectivity index (χ1v) is 8.86. The summed E-state index contributed by atoms with van der Waals surface area (Å²) < 4.78 is 5.35. The molecule has 0 aliphatic carbocycles. The zero-order valence-corrected chi connectivity index (χ0v) is 16.2. The molecule has 1 heterocycles. The van der Waals surface area contributed by atoms with Crippen molar-refractivity contribution >= 4 is 40.9 Å². The second kappa shape index (κ2) is 8.15. The van der Waals surface area contributed by atoms with Gasteiger partial charge in [0.2, 0.25) is 5.91 Å². The summed E-state index contributed by atoms with van der Waals surface area (Å²) in [4.78, 5) is 27.7. The van der Waals surface area contributed by atoms with Gasteiger partial charge in [0.1, 0.15) is 5.60 Å². The number of anilines is 1. The summed E-state index contributed by atoms with van der Waals surface area (Å²) in [5.41, 5.74) is 0.0967. The van der Waals surface area contributed by atoms with Gasteiger partial charge < -0.3 is 19.9 Å². The van der Waals surface area contributed by atoms with Crippen LogP contribution in [0.4, 0.5) is 10.5 Å². The van der Waals surface area contributed by atoms with Crippen LogP contribution in [0.2, 0.25) is 10.0 Å². The smallest absolute Gasteiger partial charge is 0.410 e. The van der Waals surface area contributed by atoms with Gasteiger partial charge in [-0.2, -0.15) is 0 Å². The van der Waals surface area contributed by atoms with Crippen molar-refractivity contribution in [2.45, 2.75) is 26.4 Å². The van der Waals surface area contributed by atoms with Crippen molar-refractivity contribution < 1.29 is 14.3 Å². The van der Waals surface area contributed by atoms with E-state index in [2.05, 4.69) is 5.32 Å². The minimum absolute atomic E-state index is 0.0557. The highest BCUT2D eigenvalue weighted by Gasteiger charge is 2.27. The van der Waals surface area contributed by atoms with E-state index in [9.17, 15) is 9.59 Å². The van der Waals surface area contributed by atoms with Gasteiger partial charge in [0.15, 0.2) is 0 Å². The SMILES string of the molecule is CC(C)(C)OC(=O)N1CCN(C(=O)CNc2cc(Cl)ccc2Cl)CC1. The van der Waals surface area contributed by atoms with Gasteiger partial charge in [0, 0.05) is 31.2 Å². The third-order valence-electron chi connectivity index (χ3n) is 3.64. The fourth-order valence-corrected chi connectivity index (χ4v) is 2.74. The molecule has 1 aromatic carbocycles. The van der Waals surface area contributed by atoms with Crippen molar-refractivity contribution in [1.82, 2.24) is 9.80 Å². The number of nitrogens with one attached hydrogen (secondary N) is 1. The molecule has 0 aromatic heterocycles. The number of rotatable bonds is 3. The number of benzene rings is 1. The number of carbonyl (C=O) groups is 2. The molecule has 0 spiro atoms. The molecule has 1 aliphatic heterocycles. The molecule has 6 nitrogen and oxygen atoms in total. The van der Waals surface area contributed by atoms with Gasteiger partial charge in [-0.25, -0.2) is 4.79 Å². The zero-order valence-electron chi connectivity index (χ0n) is 14.6. The number of carbonyl (C=O) groups excluding carboxylic acids is 2. The Bertz CT molecular complexity index is 639. The maximum atomic E-state index is 12.3. The van der Waals surface area contributed by atoms with Crippen molar-refractivity contribution in [3.05, 3.63) is 28.2 Å². The topological polar surface area (TPSA) is 61.9 Å². The van der Waals surface area contributed by atoms with Crippen molar-refractivity contribution in [1.29, 1.82) is 0 Å². The highest BCUT2D eigenvalue weighted by molar-refractivity contribution is 6.35. The van der Waals surface area contributed by atoms with Crippen LogP contribution in [0, 0.1) is 0 Å². The summed E-state index contributed by atoms with van der Waals surface area (Å²) >= 11 is 12.0. The van der Waals surface area contributed by atoms with Crippen LogP contribution in [-0.2, 0) is 9.53 Å². The molecule has 0 unspecified atom stereocenters. The van der Waals surface area contributed by atoms with E-state index in [1.165, 1.54) is 0 Å². The number of ether oxygens (including phenoxy) is 1. The quantitative estimate of drug-likeness (QED) is 0.861. The molecule has 0 bridgehead atoms. The predicted octanol–water partition coefficient (Wildman–Crippen LogP) is 3.48. The standard InChI is InChI=1S/C17H23Cl2N3O3/c1-17(2,3)25-16(24)22-8-6-21(7-9-22)15(23)11-20-14-10-12(18)4-5-13(14)19/h4-5,10,20H,6-9,11H2,1-3H3. The number of nitrogens with zero attached hydrogens (tertiary/aromatic N) is 2. The summed E-state index contributed by atoms with van der Waals surface area (Å²) in [6.45, 7) is 7.47. The lowest BCUT2D eigenvalue weighted by atomic mass is 10.2. The molecule has 0 saturated carbocycles. The molecular weight excluding hydrogens is 365 g/mol. The third kappa shape index (κ3) is 5.97. The zero-order chi connectivity index (χ0) is 18.6. The molecule has 1 N–H and O–H groups in total. The minimum atomic E-state index is -0.524. The fourth-order valence-electron chi connectivity index (χ4n) is 2.38. The molecule has 8 heteroatoms. The first kappa shape index (κ1) is 19.7. The molecule has 1 fully saturated rings. The number of hydrogen-bond acceptors (Lipinski definition) is 4. The van der Waals surface area contributed by atoms with Crippen molar-refractivity contribution in [2.24, 2.45) is 0 Å². The Kier molecular flexibility index (Phi) is 6.41. The Hall–Kier alpha value is -1.66. The van der Waals surface area contributed by atoms with Gasteiger partial charge in [-0.3, -0.25) is 4.79 Å². The summed E-state index contributed by atoms with van der Waals surface area (Å²) in [7, 11) is 0. The van der Waals surface area contributed by atoms with Crippen LogP contribution in [0.15, 0.2) is 18.2 Å². The Morgan fingerprint density at radius 2 is 1.72 bits per heavy atom. The lowest BCUT2D eigenvalue weighted by molar-refractivity contribution is -0.131. The highest BCUT2D eigenvalue weighted by Crippen LogP contribution is 2.25.